The number of fused-ring (bicyclic) bond motifs is 2. The Bertz CT molecular complexity index is 1410. The molecule has 2 heterocycles. The van der Waals surface area contributed by atoms with Crippen LogP contribution in [0.15, 0.2) is 35.1 Å². The zero-order valence-corrected chi connectivity index (χ0v) is 20.0. The Kier molecular flexibility index (Phi) is 7.28. The van der Waals surface area contributed by atoms with Gasteiger partial charge in [-0.15, -0.1) is 0 Å². The van der Waals surface area contributed by atoms with Gasteiger partial charge in [-0.25, -0.2) is 15.0 Å². The standard InChI is InChI=1S/C24H28N6O5/c1-13(12-31)25-7-8-35-15-5-6-19-18(9-15)22(32)29-24(27-19)30-23-26-14(2)17-10-16(33-3)11-20(34-4)21(17)28-23/h5-6,9-11,13,25,31H,7-8,12H2,1-4H3,(H2,26,27,28,29,30,32). The fourth-order valence-corrected chi connectivity index (χ4v) is 3.56. The summed E-state index contributed by atoms with van der Waals surface area (Å²) < 4.78 is 16.5. The summed E-state index contributed by atoms with van der Waals surface area (Å²) in [6, 6.07) is 8.70. The maximum absolute atomic E-state index is 12.7. The van der Waals surface area contributed by atoms with Crippen LogP contribution in [0.1, 0.15) is 12.6 Å². The van der Waals surface area contributed by atoms with Crippen LogP contribution >= 0.6 is 0 Å². The van der Waals surface area contributed by atoms with Gasteiger partial charge in [-0.1, -0.05) is 0 Å². The van der Waals surface area contributed by atoms with E-state index in [0.717, 1.165) is 5.39 Å². The van der Waals surface area contributed by atoms with Crippen molar-refractivity contribution in [2.75, 3.05) is 39.3 Å². The SMILES string of the molecule is COc1cc(OC)c2nc(Nc3nc4ccc(OCCNC(C)CO)cc4c(=O)[nH]3)nc(C)c2c1. The summed E-state index contributed by atoms with van der Waals surface area (Å²) in [6.07, 6.45) is 0. The van der Waals surface area contributed by atoms with Gasteiger partial charge in [0, 0.05) is 24.0 Å². The molecule has 2 aromatic heterocycles. The molecular formula is C24H28N6O5. The zero-order chi connectivity index (χ0) is 24.9. The van der Waals surface area contributed by atoms with Gasteiger partial charge in [-0.3, -0.25) is 15.1 Å². The van der Waals surface area contributed by atoms with Crippen LogP contribution in [0, 0.1) is 6.92 Å². The average Bonchev–Trinajstić information content (AvgIpc) is 2.86. The van der Waals surface area contributed by atoms with Crippen LogP contribution in [0.25, 0.3) is 21.8 Å². The van der Waals surface area contributed by atoms with Gasteiger partial charge in [0.15, 0.2) is 0 Å². The molecule has 0 spiro atoms. The molecule has 0 saturated carbocycles. The predicted molar refractivity (Wildman–Crippen MR) is 133 cm³/mol. The molecule has 184 valence electrons. The summed E-state index contributed by atoms with van der Waals surface area (Å²) >= 11 is 0. The highest BCUT2D eigenvalue weighted by atomic mass is 16.5. The number of anilines is 2. The van der Waals surface area contributed by atoms with E-state index in [1.807, 2.05) is 19.9 Å². The normalized spacial score (nSPS) is 12.0. The van der Waals surface area contributed by atoms with E-state index in [9.17, 15) is 4.79 Å². The van der Waals surface area contributed by atoms with Crippen LogP contribution in [0.5, 0.6) is 17.2 Å². The third-order valence-corrected chi connectivity index (χ3v) is 5.43. The van der Waals surface area contributed by atoms with Gasteiger partial charge in [-0.2, -0.15) is 0 Å². The summed E-state index contributed by atoms with van der Waals surface area (Å²) in [4.78, 5) is 29.0. The van der Waals surface area contributed by atoms with Crippen molar-refractivity contribution in [1.29, 1.82) is 0 Å². The lowest BCUT2D eigenvalue weighted by molar-refractivity contribution is 0.239. The number of methoxy groups -OCH3 is 2. The number of hydrogen-bond acceptors (Lipinski definition) is 10. The summed E-state index contributed by atoms with van der Waals surface area (Å²) in [5.74, 6) is 2.22. The first kappa shape index (κ1) is 24.2. The summed E-state index contributed by atoms with van der Waals surface area (Å²) in [6.45, 7) is 4.76. The first-order valence-electron chi connectivity index (χ1n) is 11.1. The average molecular weight is 481 g/mol. The maximum atomic E-state index is 12.7. The molecule has 0 amide bonds. The summed E-state index contributed by atoms with van der Waals surface area (Å²) in [7, 11) is 3.14. The van der Waals surface area contributed by atoms with E-state index in [2.05, 4.69) is 30.6 Å². The van der Waals surface area contributed by atoms with Crippen LogP contribution in [-0.2, 0) is 0 Å². The van der Waals surface area contributed by atoms with Crippen LogP contribution in [0.4, 0.5) is 11.9 Å². The zero-order valence-electron chi connectivity index (χ0n) is 20.0. The molecule has 1 unspecified atom stereocenters. The van der Waals surface area contributed by atoms with Crippen LogP contribution < -0.4 is 30.4 Å². The highest BCUT2D eigenvalue weighted by Crippen LogP contribution is 2.32. The van der Waals surface area contributed by atoms with Gasteiger partial charge >= 0.3 is 0 Å². The molecule has 2 aromatic carbocycles. The number of aliphatic hydroxyl groups is 1. The Hall–Kier alpha value is -3.96. The van der Waals surface area contributed by atoms with Crippen molar-refractivity contribution in [3.8, 4) is 17.2 Å². The molecule has 11 heteroatoms. The molecule has 4 N–H and O–H groups in total. The number of H-pyrrole nitrogens is 1. The molecular weight excluding hydrogens is 452 g/mol. The number of nitrogens with one attached hydrogen (secondary N) is 3. The first-order valence-corrected chi connectivity index (χ1v) is 11.1. The number of aromatic nitrogens is 4. The Balaban J connectivity index is 1.57. The second-order valence-electron chi connectivity index (χ2n) is 7.96. The molecule has 0 fully saturated rings. The third kappa shape index (κ3) is 5.42. The quantitative estimate of drug-likeness (QED) is 0.250. The van der Waals surface area contributed by atoms with Gasteiger partial charge < -0.3 is 24.6 Å². The van der Waals surface area contributed by atoms with Crippen molar-refractivity contribution in [3.05, 3.63) is 46.4 Å². The largest absolute Gasteiger partial charge is 0.497 e. The number of nitrogens with zero attached hydrogens (tertiary/aromatic N) is 3. The molecule has 0 saturated heterocycles. The van der Waals surface area contributed by atoms with Gasteiger partial charge in [-0.05, 0) is 38.1 Å². The lowest BCUT2D eigenvalue weighted by Gasteiger charge is -2.12. The Labute approximate surface area is 201 Å². The molecule has 4 aromatic rings. The van der Waals surface area contributed by atoms with E-state index in [1.165, 1.54) is 0 Å². The monoisotopic (exact) mass is 480 g/mol. The van der Waals surface area contributed by atoms with Crippen molar-refractivity contribution in [2.45, 2.75) is 19.9 Å². The third-order valence-electron chi connectivity index (χ3n) is 5.43. The predicted octanol–water partition coefficient (Wildman–Crippen LogP) is 2.28. The second-order valence-corrected chi connectivity index (χ2v) is 7.96. The minimum Gasteiger partial charge on any atom is -0.497 e. The van der Waals surface area contributed by atoms with Crippen molar-refractivity contribution in [3.63, 3.8) is 0 Å². The summed E-state index contributed by atoms with van der Waals surface area (Å²) in [5.41, 5.74) is 1.49. The Morgan fingerprint density at radius 3 is 2.60 bits per heavy atom. The molecule has 35 heavy (non-hydrogen) atoms. The van der Waals surface area contributed by atoms with Gasteiger partial charge in [0.2, 0.25) is 11.9 Å². The number of ether oxygens (including phenoxy) is 3. The fourth-order valence-electron chi connectivity index (χ4n) is 3.56. The van der Waals surface area contributed by atoms with Gasteiger partial charge in [0.1, 0.15) is 29.4 Å². The lowest BCUT2D eigenvalue weighted by Crippen LogP contribution is -2.32. The van der Waals surface area contributed by atoms with Crippen molar-refractivity contribution in [1.82, 2.24) is 25.3 Å². The number of hydrogen-bond donors (Lipinski definition) is 4. The Morgan fingerprint density at radius 1 is 1.06 bits per heavy atom. The van der Waals surface area contributed by atoms with E-state index >= 15 is 0 Å². The van der Waals surface area contributed by atoms with E-state index < -0.39 is 0 Å². The first-order chi connectivity index (χ1) is 16.9. The molecule has 1 atom stereocenters. The highest BCUT2D eigenvalue weighted by Gasteiger charge is 2.13. The molecule has 0 bridgehead atoms. The van der Waals surface area contributed by atoms with Gasteiger partial charge in [0.25, 0.3) is 5.56 Å². The number of benzene rings is 2. The van der Waals surface area contributed by atoms with Gasteiger partial charge in [0.05, 0.1) is 37.4 Å². The van der Waals surface area contributed by atoms with Crippen LogP contribution in [0.2, 0.25) is 0 Å². The smallest absolute Gasteiger partial charge is 0.260 e. The van der Waals surface area contributed by atoms with E-state index in [4.69, 9.17) is 19.3 Å². The van der Waals surface area contributed by atoms with Crippen LogP contribution in [-0.4, -0.2) is 65.1 Å². The van der Waals surface area contributed by atoms with Crippen molar-refractivity contribution < 1.29 is 19.3 Å². The lowest BCUT2D eigenvalue weighted by atomic mass is 10.1. The minimum atomic E-state index is -0.324. The number of aliphatic hydroxyl groups excluding tert-OH is 1. The number of rotatable bonds is 10. The molecule has 0 aliphatic carbocycles. The number of aryl methyl sites for hydroxylation is 1. The Morgan fingerprint density at radius 2 is 1.86 bits per heavy atom. The second kappa shape index (κ2) is 10.5. The molecule has 4 rings (SSSR count). The fraction of sp³-hybridized carbons (Fsp3) is 0.333. The maximum Gasteiger partial charge on any atom is 0.260 e. The van der Waals surface area contributed by atoms with Crippen molar-refractivity contribution >= 4 is 33.7 Å². The molecule has 0 radical (unpaired) electrons. The topological polar surface area (TPSA) is 144 Å². The minimum absolute atomic E-state index is 0.00699. The van der Waals surface area contributed by atoms with E-state index in [1.54, 1.807) is 38.5 Å². The number of aromatic amines is 1. The van der Waals surface area contributed by atoms with Crippen LogP contribution in [0.3, 0.4) is 0 Å². The summed E-state index contributed by atoms with van der Waals surface area (Å²) in [5, 5.41) is 16.3. The highest BCUT2D eigenvalue weighted by molar-refractivity contribution is 5.89. The molecule has 0 aliphatic heterocycles. The van der Waals surface area contributed by atoms with E-state index in [0.29, 0.717) is 52.5 Å². The van der Waals surface area contributed by atoms with Crippen molar-refractivity contribution in [2.24, 2.45) is 0 Å². The van der Waals surface area contributed by atoms with E-state index in [-0.39, 0.29) is 30.1 Å². The molecule has 0 aliphatic rings. The molecule has 11 nitrogen and oxygen atoms in total.